The van der Waals surface area contributed by atoms with Gasteiger partial charge in [0.05, 0.1) is 12.5 Å². The lowest BCUT2D eigenvalue weighted by molar-refractivity contribution is -0.145. The molecule has 5 nitrogen and oxygen atoms in total. The van der Waals surface area contributed by atoms with Crippen LogP contribution in [-0.4, -0.2) is 48.7 Å². The van der Waals surface area contributed by atoms with Gasteiger partial charge in [-0.3, -0.25) is 9.59 Å². The zero-order valence-electron chi connectivity index (χ0n) is 12.2. The lowest BCUT2D eigenvalue weighted by Crippen LogP contribution is -2.38. The molecule has 2 unspecified atom stereocenters. The van der Waals surface area contributed by atoms with Crippen molar-refractivity contribution in [3.05, 3.63) is 0 Å². The Morgan fingerprint density at radius 2 is 1.90 bits per heavy atom. The highest BCUT2D eigenvalue weighted by Gasteiger charge is 2.32. The first kappa shape index (κ1) is 15.3. The molecule has 0 aromatic rings. The van der Waals surface area contributed by atoms with E-state index < -0.39 is 5.97 Å². The summed E-state index contributed by atoms with van der Waals surface area (Å²) in [5.74, 6) is -0.426. The van der Waals surface area contributed by atoms with Crippen molar-refractivity contribution in [1.82, 2.24) is 4.90 Å². The topological polar surface area (TPSA) is 66.8 Å². The Kier molecular flexibility index (Phi) is 5.40. The van der Waals surface area contributed by atoms with Crippen LogP contribution in [0.2, 0.25) is 0 Å². The third kappa shape index (κ3) is 4.47. The van der Waals surface area contributed by atoms with Gasteiger partial charge in [0.25, 0.3) is 0 Å². The Morgan fingerprint density at radius 1 is 1.20 bits per heavy atom. The first-order valence-electron chi connectivity index (χ1n) is 7.63. The normalized spacial score (nSPS) is 26.2. The highest BCUT2D eigenvalue weighted by Crippen LogP contribution is 2.30. The van der Waals surface area contributed by atoms with Crippen LogP contribution in [0.5, 0.6) is 0 Å². The van der Waals surface area contributed by atoms with Crippen LogP contribution < -0.4 is 0 Å². The van der Waals surface area contributed by atoms with Crippen molar-refractivity contribution in [3.63, 3.8) is 0 Å². The number of carbonyl (C=O) groups is 2. The van der Waals surface area contributed by atoms with Crippen LogP contribution in [0.25, 0.3) is 0 Å². The smallest absolute Gasteiger partial charge is 0.306 e. The van der Waals surface area contributed by atoms with Gasteiger partial charge in [0.15, 0.2) is 0 Å². The third-order valence-corrected chi connectivity index (χ3v) is 4.37. The van der Waals surface area contributed by atoms with Crippen LogP contribution in [0.3, 0.4) is 0 Å². The summed E-state index contributed by atoms with van der Waals surface area (Å²) in [7, 11) is 1.78. The lowest BCUT2D eigenvalue weighted by Gasteiger charge is -2.29. The van der Waals surface area contributed by atoms with Crippen molar-refractivity contribution in [2.45, 2.75) is 38.5 Å². The molecule has 0 saturated heterocycles. The maximum absolute atomic E-state index is 12.3. The molecule has 2 rings (SSSR count). The minimum absolute atomic E-state index is 0.0750. The molecule has 0 aromatic carbocycles. The Balaban J connectivity index is 1.69. The number of hydrogen-bond donors (Lipinski definition) is 1. The first-order valence-corrected chi connectivity index (χ1v) is 7.63. The summed E-state index contributed by atoms with van der Waals surface area (Å²) in [6, 6.07) is 0. The van der Waals surface area contributed by atoms with E-state index in [-0.39, 0.29) is 17.7 Å². The van der Waals surface area contributed by atoms with E-state index in [1.54, 1.807) is 11.9 Å². The minimum Gasteiger partial charge on any atom is -0.481 e. The number of likely N-dealkylation sites (N-methyl/N-ethyl adjacent to an activating group) is 1. The van der Waals surface area contributed by atoms with Gasteiger partial charge < -0.3 is 14.7 Å². The van der Waals surface area contributed by atoms with Crippen LogP contribution >= 0.6 is 0 Å². The van der Waals surface area contributed by atoms with E-state index in [2.05, 4.69) is 0 Å². The SMILES string of the molecule is CN(CCOCC1CC1)C(=O)C1CCCC(C(=O)O)C1. The van der Waals surface area contributed by atoms with E-state index in [1.807, 2.05) is 0 Å². The van der Waals surface area contributed by atoms with E-state index in [4.69, 9.17) is 9.84 Å². The molecule has 0 aliphatic heterocycles. The summed E-state index contributed by atoms with van der Waals surface area (Å²) in [5.41, 5.74) is 0. The third-order valence-electron chi connectivity index (χ3n) is 4.37. The van der Waals surface area contributed by atoms with E-state index in [9.17, 15) is 9.59 Å². The van der Waals surface area contributed by atoms with Gasteiger partial charge in [0.2, 0.25) is 5.91 Å². The zero-order valence-corrected chi connectivity index (χ0v) is 12.2. The second-order valence-electron chi connectivity index (χ2n) is 6.18. The molecule has 20 heavy (non-hydrogen) atoms. The molecule has 0 spiro atoms. The fraction of sp³-hybridized carbons (Fsp3) is 0.867. The summed E-state index contributed by atoms with van der Waals surface area (Å²) in [6.45, 7) is 1.99. The number of nitrogens with zero attached hydrogens (tertiary/aromatic N) is 1. The number of carboxylic acids is 1. The summed E-state index contributed by atoms with van der Waals surface area (Å²) in [4.78, 5) is 25.0. The van der Waals surface area contributed by atoms with Gasteiger partial charge in [-0.25, -0.2) is 0 Å². The Labute approximate surface area is 120 Å². The Bertz CT molecular complexity index is 354. The largest absolute Gasteiger partial charge is 0.481 e. The fourth-order valence-corrected chi connectivity index (χ4v) is 2.80. The predicted octanol–water partition coefficient (Wildman–Crippen LogP) is 1.76. The van der Waals surface area contributed by atoms with Gasteiger partial charge in [-0.15, -0.1) is 0 Å². The Morgan fingerprint density at radius 3 is 2.55 bits per heavy atom. The van der Waals surface area contributed by atoms with Crippen molar-refractivity contribution in [1.29, 1.82) is 0 Å². The average Bonchev–Trinajstić information content (AvgIpc) is 3.26. The molecule has 114 valence electrons. The molecule has 2 saturated carbocycles. The van der Waals surface area contributed by atoms with Gasteiger partial charge >= 0.3 is 5.97 Å². The maximum Gasteiger partial charge on any atom is 0.306 e. The van der Waals surface area contributed by atoms with Gasteiger partial charge in [-0.1, -0.05) is 6.42 Å². The van der Waals surface area contributed by atoms with Crippen molar-refractivity contribution >= 4 is 11.9 Å². The van der Waals surface area contributed by atoms with Crippen molar-refractivity contribution in [2.75, 3.05) is 26.8 Å². The number of amides is 1. The van der Waals surface area contributed by atoms with Gasteiger partial charge in [0, 0.05) is 26.1 Å². The average molecular weight is 283 g/mol. The summed E-state index contributed by atoms with van der Waals surface area (Å²) in [6.07, 6.45) is 5.38. The Hall–Kier alpha value is -1.10. The predicted molar refractivity (Wildman–Crippen MR) is 74.3 cm³/mol. The molecule has 2 fully saturated rings. The second kappa shape index (κ2) is 7.07. The molecular weight excluding hydrogens is 258 g/mol. The number of hydrogen-bond acceptors (Lipinski definition) is 3. The first-order chi connectivity index (χ1) is 9.58. The molecule has 5 heteroatoms. The zero-order chi connectivity index (χ0) is 14.5. The summed E-state index contributed by atoms with van der Waals surface area (Å²) in [5, 5.41) is 9.06. The molecule has 1 amide bonds. The second-order valence-corrected chi connectivity index (χ2v) is 6.18. The van der Waals surface area contributed by atoms with E-state index in [1.165, 1.54) is 12.8 Å². The van der Waals surface area contributed by atoms with Crippen LogP contribution in [0.1, 0.15) is 38.5 Å². The molecule has 2 atom stereocenters. The van der Waals surface area contributed by atoms with Crippen molar-refractivity contribution in [2.24, 2.45) is 17.8 Å². The highest BCUT2D eigenvalue weighted by atomic mass is 16.5. The van der Waals surface area contributed by atoms with Gasteiger partial charge in [-0.05, 0) is 38.0 Å². The van der Waals surface area contributed by atoms with E-state index in [0.29, 0.717) is 26.0 Å². The van der Waals surface area contributed by atoms with Gasteiger partial charge in [-0.2, -0.15) is 0 Å². The maximum atomic E-state index is 12.3. The molecule has 0 bridgehead atoms. The van der Waals surface area contributed by atoms with Crippen LogP contribution in [0, 0.1) is 17.8 Å². The molecular formula is C15H25NO4. The molecule has 0 radical (unpaired) electrons. The van der Waals surface area contributed by atoms with Crippen LogP contribution in [0.15, 0.2) is 0 Å². The number of aliphatic carboxylic acids is 1. The van der Waals surface area contributed by atoms with Crippen LogP contribution in [-0.2, 0) is 14.3 Å². The molecule has 1 N–H and O–H groups in total. The highest BCUT2D eigenvalue weighted by molar-refractivity contribution is 5.80. The lowest BCUT2D eigenvalue weighted by atomic mass is 9.81. The van der Waals surface area contributed by atoms with E-state index >= 15 is 0 Å². The summed E-state index contributed by atoms with van der Waals surface area (Å²) >= 11 is 0. The minimum atomic E-state index is -0.766. The monoisotopic (exact) mass is 283 g/mol. The van der Waals surface area contributed by atoms with Gasteiger partial charge in [0.1, 0.15) is 0 Å². The molecule has 2 aliphatic rings. The van der Waals surface area contributed by atoms with E-state index in [0.717, 1.165) is 25.4 Å². The summed E-state index contributed by atoms with van der Waals surface area (Å²) < 4.78 is 5.54. The molecule has 0 heterocycles. The van der Waals surface area contributed by atoms with Crippen molar-refractivity contribution < 1.29 is 19.4 Å². The number of carboxylic acid groups (broad SMARTS) is 1. The quantitative estimate of drug-likeness (QED) is 0.723. The van der Waals surface area contributed by atoms with Crippen LogP contribution in [0.4, 0.5) is 0 Å². The number of ether oxygens (including phenoxy) is 1. The fourth-order valence-electron chi connectivity index (χ4n) is 2.80. The number of carbonyl (C=O) groups excluding carboxylic acids is 1. The standard InChI is InChI=1S/C15H25NO4/c1-16(7-8-20-10-11-5-6-11)14(17)12-3-2-4-13(9-12)15(18)19/h11-13H,2-10H2,1H3,(H,18,19). The molecule has 2 aliphatic carbocycles. The molecule has 0 aromatic heterocycles. The van der Waals surface area contributed by atoms with Crippen molar-refractivity contribution in [3.8, 4) is 0 Å². The number of rotatable bonds is 7.